The Hall–Kier alpha value is -1.06. The van der Waals surface area contributed by atoms with Gasteiger partial charge in [0, 0.05) is 37.9 Å². The molecule has 3 rings (SSSR count). The normalized spacial score (nSPS) is 20.9. The molecule has 0 unspecified atom stereocenters. The van der Waals surface area contributed by atoms with Crippen LogP contribution in [-0.2, 0) is 17.6 Å². The quantitative estimate of drug-likeness (QED) is 0.827. The summed E-state index contributed by atoms with van der Waals surface area (Å²) < 4.78 is 5.49. The Morgan fingerprint density at radius 2 is 1.78 bits per heavy atom. The molecular formula is C20H32N2O. The van der Waals surface area contributed by atoms with Gasteiger partial charge in [0.1, 0.15) is 0 Å². The summed E-state index contributed by atoms with van der Waals surface area (Å²) in [6, 6.07) is 7.91. The van der Waals surface area contributed by atoms with Crippen LogP contribution in [0.2, 0.25) is 0 Å². The molecule has 1 aromatic carbocycles. The van der Waals surface area contributed by atoms with Crippen LogP contribution in [0.1, 0.15) is 44.2 Å². The molecule has 0 aromatic heterocycles. The highest BCUT2D eigenvalue weighted by Crippen LogP contribution is 2.28. The van der Waals surface area contributed by atoms with Gasteiger partial charge in [-0.2, -0.15) is 0 Å². The van der Waals surface area contributed by atoms with E-state index in [-0.39, 0.29) is 0 Å². The lowest BCUT2D eigenvalue weighted by Crippen LogP contribution is -2.49. The minimum atomic E-state index is 0.764. The van der Waals surface area contributed by atoms with Crippen molar-refractivity contribution in [2.45, 2.75) is 52.0 Å². The standard InChI is InChI=1S/C20H32N2O/c1-3-5-17-6-7-20(18(4-2)16-17)22-10-8-19(9-11-22)21-12-14-23-15-13-21/h6-7,16,19H,3-5,8-15H2,1-2H3. The van der Waals surface area contributed by atoms with Gasteiger partial charge in [-0.25, -0.2) is 0 Å². The third-order valence-corrected chi connectivity index (χ3v) is 5.43. The van der Waals surface area contributed by atoms with Crippen molar-refractivity contribution in [1.29, 1.82) is 0 Å². The minimum absolute atomic E-state index is 0.764. The number of rotatable bonds is 5. The largest absolute Gasteiger partial charge is 0.379 e. The average molecular weight is 316 g/mol. The molecule has 2 heterocycles. The molecule has 0 amide bonds. The lowest BCUT2D eigenvalue weighted by molar-refractivity contribution is 0.0115. The topological polar surface area (TPSA) is 15.7 Å². The number of hydrogen-bond donors (Lipinski definition) is 0. The highest BCUT2D eigenvalue weighted by molar-refractivity contribution is 5.55. The van der Waals surface area contributed by atoms with E-state index in [2.05, 4.69) is 41.8 Å². The van der Waals surface area contributed by atoms with Crippen molar-refractivity contribution < 1.29 is 4.74 Å². The van der Waals surface area contributed by atoms with Gasteiger partial charge in [-0.15, -0.1) is 0 Å². The van der Waals surface area contributed by atoms with Crippen molar-refractivity contribution in [2.24, 2.45) is 0 Å². The van der Waals surface area contributed by atoms with Crippen molar-refractivity contribution in [3.63, 3.8) is 0 Å². The van der Waals surface area contributed by atoms with Crippen LogP contribution in [0.25, 0.3) is 0 Å². The molecule has 128 valence electrons. The Morgan fingerprint density at radius 3 is 2.43 bits per heavy atom. The van der Waals surface area contributed by atoms with Gasteiger partial charge in [0.05, 0.1) is 13.2 Å². The molecule has 2 aliphatic heterocycles. The van der Waals surface area contributed by atoms with Crippen LogP contribution in [0.4, 0.5) is 5.69 Å². The summed E-state index contributed by atoms with van der Waals surface area (Å²) in [6.07, 6.45) is 6.15. The average Bonchev–Trinajstić information content (AvgIpc) is 2.63. The maximum absolute atomic E-state index is 5.49. The zero-order valence-electron chi connectivity index (χ0n) is 14.9. The van der Waals surface area contributed by atoms with Crippen molar-refractivity contribution in [3.8, 4) is 0 Å². The van der Waals surface area contributed by atoms with Crippen LogP contribution in [0, 0.1) is 0 Å². The minimum Gasteiger partial charge on any atom is -0.379 e. The van der Waals surface area contributed by atoms with Crippen molar-refractivity contribution in [1.82, 2.24) is 4.90 Å². The first-order valence-electron chi connectivity index (χ1n) is 9.50. The Bertz CT molecular complexity index is 488. The van der Waals surface area contributed by atoms with Crippen LogP contribution in [0.3, 0.4) is 0 Å². The number of benzene rings is 1. The highest BCUT2D eigenvalue weighted by atomic mass is 16.5. The Balaban J connectivity index is 1.62. The fourth-order valence-electron chi connectivity index (χ4n) is 4.09. The van der Waals surface area contributed by atoms with E-state index in [0.29, 0.717) is 0 Å². The van der Waals surface area contributed by atoms with E-state index in [9.17, 15) is 0 Å². The fraction of sp³-hybridized carbons (Fsp3) is 0.700. The number of hydrogen-bond acceptors (Lipinski definition) is 3. The molecule has 0 atom stereocenters. The smallest absolute Gasteiger partial charge is 0.0594 e. The molecule has 2 aliphatic rings. The number of anilines is 1. The SMILES string of the molecule is CCCc1ccc(N2CCC(N3CCOCC3)CC2)c(CC)c1. The van der Waals surface area contributed by atoms with E-state index >= 15 is 0 Å². The van der Waals surface area contributed by atoms with Gasteiger partial charge in [-0.05, 0) is 42.9 Å². The van der Waals surface area contributed by atoms with Gasteiger partial charge in [-0.1, -0.05) is 32.4 Å². The Kier molecular flexibility index (Phi) is 5.96. The molecule has 3 heteroatoms. The monoisotopic (exact) mass is 316 g/mol. The zero-order valence-corrected chi connectivity index (χ0v) is 14.9. The first-order chi connectivity index (χ1) is 11.3. The number of nitrogens with zero attached hydrogens (tertiary/aromatic N) is 2. The third-order valence-electron chi connectivity index (χ3n) is 5.43. The first kappa shape index (κ1) is 16.8. The van der Waals surface area contributed by atoms with E-state index < -0.39 is 0 Å². The summed E-state index contributed by atoms with van der Waals surface area (Å²) in [5.74, 6) is 0. The molecule has 2 saturated heterocycles. The van der Waals surface area contributed by atoms with Gasteiger partial charge in [0.15, 0.2) is 0 Å². The predicted molar refractivity (Wildman–Crippen MR) is 97.4 cm³/mol. The molecule has 0 radical (unpaired) electrons. The highest BCUT2D eigenvalue weighted by Gasteiger charge is 2.26. The van der Waals surface area contributed by atoms with Crippen LogP contribution < -0.4 is 4.90 Å². The second-order valence-electron chi connectivity index (χ2n) is 6.93. The van der Waals surface area contributed by atoms with E-state index in [1.807, 2.05) is 0 Å². The summed E-state index contributed by atoms with van der Waals surface area (Å²) in [5.41, 5.74) is 4.50. The maximum atomic E-state index is 5.49. The zero-order chi connectivity index (χ0) is 16.1. The second-order valence-corrected chi connectivity index (χ2v) is 6.93. The van der Waals surface area contributed by atoms with Gasteiger partial charge in [0.25, 0.3) is 0 Å². The van der Waals surface area contributed by atoms with E-state index in [0.717, 1.165) is 38.8 Å². The number of aryl methyl sites for hydroxylation is 2. The lowest BCUT2D eigenvalue weighted by atomic mass is 9.98. The Labute approximate surface area is 141 Å². The third kappa shape index (κ3) is 4.07. The number of piperidine rings is 1. The molecule has 0 saturated carbocycles. The van der Waals surface area contributed by atoms with Crippen LogP contribution in [0.15, 0.2) is 18.2 Å². The second kappa shape index (κ2) is 8.16. The summed E-state index contributed by atoms with van der Waals surface area (Å²) in [6.45, 7) is 11.0. The number of ether oxygens (including phenoxy) is 1. The van der Waals surface area contributed by atoms with Crippen molar-refractivity contribution in [2.75, 3.05) is 44.3 Å². The molecular weight excluding hydrogens is 284 g/mol. The molecule has 1 aromatic rings. The van der Waals surface area contributed by atoms with Crippen molar-refractivity contribution >= 4 is 5.69 Å². The lowest BCUT2D eigenvalue weighted by Gasteiger charge is -2.41. The first-order valence-corrected chi connectivity index (χ1v) is 9.50. The van der Waals surface area contributed by atoms with Crippen LogP contribution >= 0.6 is 0 Å². The number of morpholine rings is 1. The van der Waals surface area contributed by atoms with E-state index in [1.165, 1.54) is 55.6 Å². The molecule has 23 heavy (non-hydrogen) atoms. The summed E-state index contributed by atoms with van der Waals surface area (Å²) in [4.78, 5) is 5.26. The van der Waals surface area contributed by atoms with Crippen molar-refractivity contribution in [3.05, 3.63) is 29.3 Å². The molecule has 0 N–H and O–H groups in total. The molecule has 0 spiro atoms. The molecule has 3 nitrogen and oxygen atoms in total. The molecule has 0 bridgehead atoms. The molecule has 2 fully saturated rings. The predicted octanol–water partition coefficient (Wildman–Crippen LogP) is 3.50. The Morgan fingerprint density at radius 1 is 1.04 bits per heavy atom. The maximum Gasteiger partial charge on any atom is 0.0594 e. The van der Waals surface area contributed by atoms with Gasteiger partial charge >= 0.3 is 0 Å². The van der Waals surface area contributed by atoms with E-state index in [1.54, 1.807) is 0 Å². The summed E-state index contributed by atoms with van der Waals surface area (Å²) >= 11 is 0. The van der Waals surface area contributed by atoms with Gasteiger partial charge in [-0.3, -0.25) is 4.90 Å². The van der Waals surface area contributed by atoms with Gasteiger partial charge < -0.3 is 9.64 Å². The van der Waals surface area contributed by atoms with Gasteiger partial charge in [0.2, 0.25) is 0 Å². The van der Waals surface area contributed by atoms with E-state index in [4.69, 9.17) is 4.74 Å². The summed E-state index contributed by atoms with van der Waals surface area (Å²) in [5, 5.41) is 0. The fourth-order valence-corrected chi connectivity index (χ4v) is 4.09. The van der Waals surface area contributed by atoms with Crippen LogP contribution in [0.5, 0.6) is 0 Å². The summed E-state index contributed by atoms with van der Waals surface area (Å²) in [7, 11) is 0. The molecule has 0 aliphatic carbocycles. The van der Waals surface area contributed by atoms with Crippen LogP contribution in [-0.4, -0.2) is 50.3 Å².